The standard InChI is InChI=1S/C25H46O3/c1-17(14-24(3,4)5)9-11-20(18(2)15-25(6,7)8)23(26)27-16-19-10-12-21-22(13-19)28-21/h17-22H,9-16H2,1-8H3. The SMILES string of the molecule is CC(CCC(C(=O)OCC1CCC2OC2C1)C(C)CC(C)(C)C)CC(C)(C)C. The maximum atomic E-state index is 13.0. The molecule has 6 atom stereocenters. The van der Waals surface area contributed by atoms with Crippen molar-refractivity contribution in [2.45, 2.75) is 113 Å². The first-order valence-electron chi connectivity index (χ1n) is 11.7. The van der Waals surface area contributed by atoms with E-state index in [9.17, 15) is 4.79 Å². The Morgan fingerprint density at radius 1 is 0.964 bits per heavy atom. The first kappa shape index (κ1) is 23.7. The van der Waals surface area contributed by atoms with Crippen LogP contribution in [0.4, 0.5) is 0 Å². The molecule has 0 bridgehead atoms. The molecule has 1 saturated carbocycles. The van der Waals surface area contributed by atoms with Crippen molar-refractivity contribution in [2.24, 2.45) is 34.5 Å². The van der Waals surface area contributed by atoms with Crippen LogP contribution in [0.5, 0.6) is 0 Å². The third-order valence-electron chi connectivity index (χ3n) is 6.43. The number of hydrogen-bond acceptors (Lipinski definition) is 3. The van der Waals surface area contributed by atoms with Crippen LogP contribution < -0.4 is 0 Å². The molecule has 2 rings (SSSR count). The van der Waals surface area contributed by atoms with Crippen LogP contribution in [0.25, 0.3) is 0 Å². The average Bonchev–Trinajstić information content (AvgIpc) is 3.28. The van der Waals surface area contributed by atoms with Crippen LogP contribution in [0.15, 0.2) is 0 Å². The first-order valence-corrected chi connectivity index (χ1v) is 11.7. The summed E-state index contributed by atoms with van der Waals surface area (Å²) in [6, 6.07) is 0. The van der Waals surface area contributed by atoms with E-state index in [-0.39, 0.29) is 17.3 Å². The maximum Gasteiger partial charge on any atom is 0.309 e. The number of fused-ring (bicyclic) bond motifs is 1. The molecule has 0 radical (unpaired) electrons. The molecule has 0 aromatic heterocycles. The zero-order valence-corrected chi connectivity index (χ0v) is 19.8. The van der Waals surface area contributed by atoms with E-state index in [1.807, 2.05) is 0 Å². The van der Waals surface area contributed by atoms with E-state index in [0.29, 0.717) is 42.0 Å². The van der Waals surface area contributed by atoms with Crippen LogP contribution in [0.2, 0.25) is 0 Å². The molecule has 164 valence electrons. The summed E-state index contributed by atoms with van der Waals surface area (Å²) in [4.78, 5) is 13.0. The number of esters is 1. The lowest BCUT2D eigenvalue weighted by Gasteiger charge is -2.30. The van der Waals surface area contributed by atoms with Crippen molar-refractivity contribution < 1.29 is 14.3 Å². The molecule has 3 heteroatoms. The summed E-state index contributed by atoms with van der Waals surface area (Å²) in [5.41, 5.74) is 0.576. The van der Waals surface area contributed by atoms with Gasteiger partial charge in [0.1, 0.15) is 0 Å². The van der Waals surface area contributed by atoms with Crippen LogP contribution >= 0.6 is 0 Å². The fourth-order valence-electron chi connectivity index (χ4n) is 5.30. The summed E-state index contributed by atoms with van der Waals surface area (Å²) in [6.45, 7) is 18.9. The quantitative estimate of drug-likeness (QED) is 0.325. The van der Waals surface area contributed by atoms with Crippen LogP contribution in [0.1, 0.15) is 100 Å². The fraction of sp³-hybridized carbons (Fsp3) is 0.960. The van der Waals surface area contributed by atoms with Gasteiger partial charge in [-0.3, -0.25) is 4.79 Å². The zero-order chi connectivity index (χ0) is 21.1. The molecule has 2 aliphatic rings. The second-order valence-corrected chi connectivity index (χ2v) is 12.3. The van der Waals surface area contributed by atoms with Gasteiger partial charge < -0.3 is 9.47 Å². The highest BCUT2D eigenvalue weighted by molar-refractivity contribution is 5.72. The summed E-state index contributed by atoms with van der Waals surface area (Å²) < 4.78 is 11.5. The number of hydrogen-bond donors (Lipinski definition) is 0. The zero-order valence-electron chi connectivity index (χ0n) is 19.8. The molecule has 0 aromatic rings. The Labute approximate surface area is 174 Å². The van der Waals surface area contributed by atoms with Gasteiger partial charge in [-0.2, -0.15) is 0 Å². The van der Waals surface area contributed by atoms with Crippen LogP contribution in [-0.2, 0) is 14.3 Å². The van der Waals surface area contributed by atoms with E-state index in [1.165, 1.54) is 6.42 Å². The summed E-state index contributed by atoms with van der Waals surface area (Å²) >= 11 is 0. The molecule has 0 amide bonds. The van der Waals surface area contributed by atoms with Gasteiger partial charge in [0, 0.05) is 0 Å². The molecule has 0 spiro atoms. The molecular weight excluding hydrogens is 348 g/mol. The normalized spacial score (nSPS) is 28.2. The van der Waals surface area contributed by atoms with Gasteiger partial charge in [-0.1, -0.05) is 55.4 Å². The predicted octanol–water partition coefficient (Wildman–Crippen LogP) is 6.64. The van der Waals surface area contributed by atoms with Gasteiger partial charge >= 0.3 is 5.97 Å². The molecular formula is C25H46O3. The molecule has 1 saturated heterocycles. The van der Waals surface area contributed by atoms with Gasteiger partial charge in [0.2, 0.25) is 0 Å². The molecule has 1 aliphatic heterocycles. The highest BCUT2D eigenvalue weighted by Gasteiger charge is 2.44. The third kappa shape index (κ3) is 8.43. The summed E-state index contributed by atoms with van der Waals surface area (Å²) in [5, 5.41) is 0. The largest absolute Gasteiger partial charge is 0.465 e. The topological polar surface area (TPSA) is 38.8 Å². The summed E-state index contributed by atoms with van der Waals surface area (Å²) in [7, 11) is 0. The molecule has 28 heavy (non-hydrogen) atoms. The molecule has 3 nitrogen and oxygen atoms in total. The van der Waals surface area contributed by atoms with Crippen molar-refractivity contribution in [3.8, 4) is 0 Å². The van der Waals surface area contributed by atoms with E-state index >= 15 is 0 Å². The van der Waals surface area contributed by atoms with Crippen LogP contribution in [0, 0.1) is 34.5 Å². The van der Waals surface area contributed by atoms with Gasteiger partial charge in [0.15, 0.2) is 0 Å². The van der Waals surface area contributed by atoms with Gasteiger partial charge in [-0.15, -0.1) is 0 Å². The second-order valence-electron chi connectivity index (χ2n) is 12.3. The van der Waals surface area contributed by atoms with Crippen molar-refractivity contribution in [2.75, 3.05) is 6.61 Å². The lowest BCUT2D eigenvalue weighted by Crippen LogP contribution is -2.30. The number of ether oxygens (including phenoxy) is 2. The Balaban J connectivity index is 1.88. The first-order chi connectivity index (χ1) is 12.8. The number of rotatable bonds is 9. The lowest BCUT2D eigenvalue weighted by atomic mass is 9.76. The Hall–Kier alpha value is -0.570. The van der Waals surface area contributed by atoms with Crippen molar-refractivity contribution in [3.63, 3.8) is 0 Å². The van der Waals surface area contributed by atoms with E-state index < -0.39 is 0 Å². The van der Waals surface area contributed by atoms with Gasteiger partial charge in [-0.05, 0) is 73.5 Å². The predicted molar refractivity (Wildman–Crippen MR) is 116 cm³/mol. The average molecular weight is 395 g/mol. The minimum Gasteiger partial charge on any atom is -0.465 e. The van der Waals surface area contributed by atoms with Gasteiger partial charge in [-0.25, -0.2) is 0 Å². The van der Waals surface area contributed by atoms with Crippen molar-refractivity contribution in [1.82, 2.24) is 0 Å². The Kier molecular flexibility index (Phi) is 8.04. The second kappa shape index (κ2) is 9.49. The Morgan fingerprint density at radius 2 is 1.61 bits per heavy atom. The lowest BCUT2D eigenvalue weighted by molar-refractivity contribution is -0.152. The summed E-state index contributed by atoms with van der Waals surface area (Å²) in [6.07, 6.45) is 8.62. The smallest absolute Gasteiger partial charge is 0.309 e. The third-order valence-corrected chi connectivity index (χ3v) is 6.43. The van der Waals surface area contributed by atoms with E-state index in [1.54, 1.807) is 0 Å². The summed E-state index contributed by atoms with van der Waals surface area (Å²) in [5.74, 6) is 1.55. The van der Waals surface area contributed by atoms with Crippen LogP contribution in [-0.4, -0.2) is 24.8 Å². The van der Waals surface area contributed by atoms with Crippen molar-refractivity contribution in [1.29, 1.82) is 0 Å². The highest BCUT2D eigenvalue weighted by Crippen LogP contribution is 2.40. The highest BCUT2D eigenvalue weighted by atomic mass is 16.6. The minimum absolute atomic E-state index is 0.0233. The maximum absolute atomic E-state index is 13.0. The number of carbonyl (C=O) groups excluding carboxylic acids is 1. The molecule has 0 N–H and O–H groups in total. The molecule has 1 aliphatic carbocycles. The molecule has 1 heterocycles. The van der Waals surface area contributed by atoms with Gasteiger partial charge in [0.05, 0.1) is 24.7 Å². The van der Waals surface area contributed by atoms with Crippen LogP contribution in [0.3, 0.4) is 0 Å². The van der Waals surface area contributed by atoms with Crippen molar-refractivity contribution in [3.05, 3.63) is 0 Å². The number of epoxide rings is 1. The number of carbonyl (C=O) groups is 1. The fourth-order valence-corrected chi connectivity index (χ4v) is 5.30. The Bertz CT molecular complexity index is 499. The van der Waals surface area contributed by atoms with Crippen molar-refractivity contribution >= 4 is 5.97 Å². The molecule has 6 unspecified atom stereocenters. The monoisotopic (exact) mass is 394 g/mol. The van der Waals surface area contributed by atoms with Gasteiger partial charge in [0.25, 0.3) is 0 Å². The minimum atomic E-state index is 0.0233. The molecule has 0 aromatic carbocycles. The van der Waals surface area contributed by atoms with E-state index in [0.717, 1.165) is 38.5 Å². The Morgan fingerprint density at radius 3 is 2.18 bits per heavy atom. The van der Waals surface area contributed by atoms with E-state index in [4.69, 9.17) is 9.47 Å². The van der Waals surface area contributed by atoms with E-state index in [2.05, 4.69) is 55.4 Å². The molecule has 2 fully saturated rings.